The standard InChI is InChI=1S/C16H25NO/c1-4-8-17-14-7-9-18-16(11-14)15-10-12(2)5-6-13(15)3/h5-6,10,14,16-17H,4,7-9,11H2,1-3H3. The summed E-state index contributed by atoms with van der Waals surface area (Å²) < 4.78 is 5.97. The molecule has 1 N–H and O–H groups in total. The van der Waals surface area contributed by atoms with Crippen molar-refractivity contribution in [2.24, 2.45) is 0 Å². The maximum absolute atomic E-state index is 5.97. The van der Waals surface area contributed by atoms with Gasteiger partial charge in [-0.05, 0) is 50.8 Å². The molecular formula is C16H25NO. The number of benzene rings is 1. The van der Waals surface area contributed by atoms with E-state index in [-0.39, 0.29) is 6.10 Å². The van der Waals surface area contributed by atoms with Gasteiger partial charge in [0, 0.05) is 12.6 Å². The van der Waals surface area contributed by atoms with E-state index in [9.17, 15) is 0 Å². The molecule has 0 spiro atoms. The molecule has 1 aromatic carbocycles. The van der Waals surface area contributed by atoms with Gasteiger partial charge in [0.15, 0.2) is 0 Å². The number of hydrogen-bond acceptors (Lipinski definition) is 2. The van der Waals surface area contributed by atoms with Crippen molar-refractivity contribution in [2.45, 2.75) is 52.2 Å². The van der Waals surface area contributed by atoms with E-state index in [0.29, 0.717) is 6.04 Å². The van der Waals surface area contributed by atoms with Gasteiger partial charge in [0.1, 0.15) is 0 Å². The second-order valence-electron chi connectivity index (χ2n) is 5.39. The van der Waals surface area contributed by atoms with E-state index in [2.05, 4.69) is 44.3 Å². The third kappa shape index (κ3) is 3.33. The highest BCUT2D eigenvalue weighted by Crippen LogP contribution is 2.30. The fraction of sp³-hybridized carbons (Fsp3) is 0.625. The van der Waals surface area contributed by atoms with Crippen LogP contribution >= 0.6 is 0 Å². The van der Waals surface area contributed by atoms with Crippen LogP contribution in [0.4, 0.5) is 0 Å². The highest BCUT2D eigenvalue weighted by molar-refractivity contribution is 5.32. The average Bonchev–Trinajstić information content (AvgIpc) is 2.39. The molecule has 0 amide bonds. The fourth-order valence-corrected chi connectivity index (χ4v) is 2.65. The number of aryl methyl sites for hydroxylation is 2. The van der Waals surface area contributed by atoms with E-state index >= 15 is 0 Å². The molecule has 1 aromatic rings. The monoisotopic (exact) mass is 247 g/mol. The van der Waals surface area contributed by atoms with Gasteiger partial charge in [-0.2, -0.15) is 0 Å². The van der Waals surface area contributed by atoms with Crippen molar-refractivity contribution < 1.29 is 4.74 Å². The minimum atomic E-state index is 0.271. The molecule has 0 radical (unpaired) electrons. The van der Waals surface area contributed by atoms with Gasteiger partial charge >= 0.3 is 0 Å². The molecule has 2 atom stereocenters. The van der Waals surface area contributed by atoms with Gasteiger partial charge in [-0.1, -0.05) is 30.7 Å². The normalized spacial score (nSPS) is 24.2. The summed E-state index contributed by atoms with van der Waals surface area (Å²) in [4.78, 5) is 0. The van der Waals surface area contributed by atoms with Gasteiger partial charge in [-0.15, -0.1) is 0 Å². The largest absolute Gasteiger partial charge is 0.373 e. The predicted octanol–water partition coefficient (Wildman–Crippen LogP) is 3.52. The summed E-state index contributed by atoms with van der Waals surface area (Å²) in [5.74, 6) is 0. The summed E-state index contributed by atoms with van der Waals surface area (Å²) in [6, 6.07) is 7.27. The van der Waals surface area contributed by atoms with E-state index in [1.165, 1.54) is 23.1 Å². The molecule has 0 saturated carbocycles. The second kappa shape index (κ2) is 6.35. The van der Waals surface area contributed by atoms with Crippen LogP contribution in [0.2, 0.25) is 0 Å². The number of nitrogens with one attached hydrogen (secondary N) is 1. The van der Waals surface area contributed by atoms with Crippen LogP contribution < -0.4 is 5.32 Å². The number of rotatable bonds is 4. The topological polar surface area (TPSA) is 21.3 Å². The molecule has 2 rings (SSSR count). The molecule has 2 unspecified atom stereocenters. The van der Waals surface area contributed by atoms with Crippen LogP contribution in [0, 0.1) is 13.8 Å². The molecule has 0 bridgehead atoms. The van der Waals surface area contributed by atoms with Crippen molar-refractivity contribution in [1.82, 2.24) is 5.32 Å². The van der Waals surface area contributed by atoms with E-state index in [1.807, 2.05) is 0 Å². The summed E-state index contributed by atoms with van der Waals surface area (Å²) in [6.45, 7) is 8.54. The third-order valence-electron chi connectivity index (χ3n) is 3.75. The van der Waals surface area contributed by atoms with Crippen LogP contribution in [-0.4, -0.2) is 19.2 Å². The van der Waals surface area contributed by atoms with Crippen LogP contribution in [0.15, 0.2) is 18.2 Å². The summed E-state index contributed by atoms with van der Waals surface area (Å²) in [7, 11) is 0. The van der Waals surface area contributed by atoms with Crippen LogP contribution in [0.25, 0.3) is 0 Å². The van der Waals surface area contributed by atoms with Gasteiger partial charge < -0.3 is 10.1 Å². The molecule has 1 aliphatic rings. The summed E-state index contributed by atoms with van der Waals surface area (Å²) >= 11 is 0. The van der Waals surface area contributed by atoms with Gasteiger partial charge in [0.2, 0.25) is 0 Å². The second-order valence-corrected chi connectivity index (χ2v) is 5.39. The average molecular weight is 247 g/mol. The molecule has 0 aliphatic carbocycles. The van der Waals surface area contributed by atoms with Crippen molar-refractivity contribution >= 4 is 0 Å². The molecule has 1 aliphatic heterocycles. The van der Waals surface area contributed by atoms with E-state index in [4.69, 9.17) is 4.74 Å². The Kier molecular flexibility index (Phi) is 4.79. The Balaban J connectivity index is 2.05. The van der Waals surface area contributed by atoms with Crippen molar-refractivity contribution in [3.05, 3.63) is 34.9 Å². The third-order valence-corrected chi connectivity index (χ3v) is 3.75. The first-order chi connectivity index (χ1) is 8.70. The zero-order valence-corrected chi connectivity index (χ0v) is 11.8. The fourth-order valence-electron chi connectivity index (χ4n) is 2.65. The lowest BCUT2D eigenvalue weighted by Crippen LogP contribution is -2.36. The first-order valence-electron chi connectivity index (χ1n) is 7.13. The SMILES string of the molecule is CCCNC1CCOC(c2cc(C)ccc2C)C1. The Hall–Kier alpha value is -0.860. The minimum Gasteiger partial charge on any atom is -0.373 e. The van der Waals surface area contributed by atoms with Crippen molar-refractivity contribution in [2.75, 3.05) is 13.2 Å². The molecule has 2 heteroatoms. The molecule has 1 saturated heterocycles. The lowest BCUT2D eigenvalue weighted by Gasteiger charge is -2.31. The van der Waals surface area contributed by atoms with Crippen molar-refractivity contribution in [3.63, 3.8) is 0 Å². The Labute approximate surface area is 111 Å². The van der Waals surface area contributed by atoms with Gasteiger partial charge in [-0.3, -0.25) is 0 Å². The predicted molar refractivity (Wildman–Crippen MR) is 75.9 cm³/mol. The smallest absolute Gasteiger partial charge is 0.0842 e. The maximum Gasteiger partial charge on any atom is 0.0842 e. The lowest BCUT2D eigenvalue weighted by molar-refractivity contribution is -0.0000120. The van der Waals surface area contributed by atoms with Crippen LogP contribution in [-0.2, 0) is 4.74 Å². The number of hydrogen-bond donors (Lipinski definition) is 1. The highest BCUT2D eigenvalue weighted by Gasteiger charge is 2.24. The Morgan fingerprint density at radius 2 is 2.17 bits per heavy atom. The highest BCUT2D eigenvalue weighted by atomic mass is 16.5. The zero-order chi connectivity index (χ0) is 13.0. The summed E-state index contributed by atoms with van der Waals surface area (Å²) in [6.07, 6.45) is 3.71. The molecule has 100 valence electrons. The van der Waals surface area contributed by atoms with E-state index < -0.39 is 0 Å². The molecule has 0 aromatic heterocycles. The van der Waals surface area contributed by atoms with Crippen molar-refractivity contribution in [1.29, 1.82) is 0 Å². The van der Waals surface area contributed by atoms with Crippen LogP contribution in [0.5, 0.6) is 0 Å². The zero-order valence-electron chi connectivity index (χ0n) is 11.8. The van der Waals surface area contributed by atoms with Crippen molar-refractivity contribution in [3.8, 4) is 0 Å². The first kappa shape index (κ1) is 13.6. The Bertz CT molecular complexity index is 389. The molecule has 18 heavy (non-hydrogen) atoms. The lowest BCUT2D eigenvalue weighted by atomic mass is 9.93. The van der Waals surface area contributed by atoms with Crippen LogP contribution in [0.3, 0.4) is 0 Å². The van der Waals surface area contributed by atoms with E-state index in [1.54, 1.807) is 0 Å². The number of ether oxygens (including phenoxy) is 1. The van der Waals surface area contributed by atoms with Crippen LogP contribution in [0.1, 0.15) is 49.0 Å². The molecule has 2 nitrogen and oxygen atoms in total. The van der Waals surface area contributed by atoms with E-state index in [0.717, 1.165) is 26.0 Å². The van der Waals surface area contributed by atoms with Gasteiger partial charge in [-0.25, -0.2) is 0 Å². The molecular weight excluding hydrogens is 222 g/mol. The van der Waals surface area contributed by atoms with Gasteiger partial charge in [0.25, 0.3) is 0 Å². The Morgan fingerprint density at radius 1 is 1.33 bits per heavy atom. The summed E-state index contributed by atoms with van der Waals surface area (Å²) in [5.41, 5.74) is 4.04. The summed E-state index contributed by atoms with van der Waals surface area (Å²) in [5, 5.41) is 3.63. The van der Waals surface area contributed by atoms with Gasteiger partial charge in [0.05, 0.1) is 6.10 Å². The molecule has 1 heterocycles. The maximum atomic E-state index is 5.97. The minimum absolute atomic E-state index is 0.271. The first-order valence-corrected chi connectivity index (χ1v) is 7.13. The quantitative estimate of drug-likeness (QED) is 0.879. The Morgan fingerprint density at radius 3 is 2.94 bits per heavy atom. The molecule has 1 fully saturated rings.